The number of aryl methyl sites for hydroxylation is 1. The summed E-state index contributed by atoms with van der Waals surface area (Å²) in [4.78, 5) is 0. The molecule has 2 aromatic rings. The van der Waals surface area contributed by atoms with E-state index in [4.69, 9.17) is 26.9 Å². The number of hydrogen-bond donors (Lipinski definition) is 2. The van der Waals surface area contributed by atoms with Gasteiger partial charge in [0.2, 0.25) is 0 Å². The second kappa shape index (κ2) is 5.32. The summed E-state index contributed by atoms with van der Waals surface area (Å²) in [6, 6.07) is 5.44. The number of fused-ring (bicyclic) bond motifs is 1. The highest BCUT2D eigenvalue weighted by Gasteiger charge is 2.22. The summed E-state index contributed by atoms with van der Waals surface area (Å²) in [5, 5.41) is 4.69. The number of halogens is 1. The third-order valence-corrected chi connectivity index (χ3v) is 3.57. The highest BCUT2D eigenvalue weighted by atomic mass is 35.5. The van der Waals surface area contributed by atoms with Gasteiger partial charge in [-0.25, -0.2) is 5.43 Å². The summed E-state index contributed by atoms with van der Waals surface area (Å²) in [7, 11) is 1.82. The zero-order valence-corrected chi connectivity index (χ0v) is 11.7. The van der Waals surface area contributed by atoms with E-state index in [2.05, 4.69) is 10.5 Å². The Morgan fingerprint density at radius 2 is 2.10 bits per heavy atom. The Bertz CT molecular complexity index is 609. The Balaban J connectivity index is 2.01. The van der Waals surface area contributed by atoms with Gasteiger partial charge in [0.15, 0.2) is 11.5 Å². The van der Waals surface area contributed by atoms with Crippen molar-refractivity contribution in [2.75, 3.05) is 13.2 Å². The van der Waals surface area contributed by atoms with E-state index in [9.17, 15) is 0 Å². The number of nitrogens with one attached hydrogen (secondary N) is 1. The summed E-state index contributed by atoms with van der Waals surface area (Å²) in [5.74, 6) is 7.15. The molecule has 0 saturated heterocycles. The van der Waals surface area contributed by atoms with Crippen LogP contribution in [-0.2, 0) is 7.05 Å². The van der Waals surface area contributed by atoms with Crippen LogP contribution >= 0.6 is 11.6 Å². The molecule has 6 nitrogen and oxygen atoms in total. The molecule has 1 unspecified atom stereocenters. The number of rotatable bonds is 3. The second-order valence-electron chi connectivity index (χ2n) is 4.50. The highest BCUT2D eigenvalue weighted by molar-refractivity contribution is 6.31. The maximum atomic E-state index is 6.18. The first-order chi connectivity index (χ1) is 9.70. The molecule has 20 heavy (non-hydrogen) atoms. The van der Waals surface area contributed by atoms with Gasteiger partial charge in [0.05, 0.1) is 23.0 Å². The Kier molecular flexibility index (Phi) is 3.52. The minimum absolute atomic E-state index is 0.272. The largest absolute Gasteiger partial charge is 0.486 e. The molecule has 1 aliphatic heterocycles. The van der Waals surface area contributed by atoms with Gasteiger partial charge in [-0.3, -0.25) is 10.5 Å². The van der Waals surface area contributed by atoms with Gasteiger partial charge >= 0.3 is 0 Å². The van der Waals surface area contributed by atoms with Crippen LogP contribution in [0.4, 0.5) is 0 Å². The molecule has 7 heteroatoms. The van der Waals surface area contributed by atoms with E-state index in [-0.39, 0.29) is 6.04 Å². The molecule has 1 aromatic heterocycles. The van der Waals surface area contributed by atoms with Crippen molar-refractivity contribution in [1.82, 2.24) is 15.2 Å². The number of nitrogens with two attached hydrogens (primary N) is 1. The minimum atomic E-state index is -0.272. The molecule has 2 heterocycles. The lowest BCUT2D eigenvalue weighted by atomic mass is 10.0. The lowest BCUT2D eigenvalue weighted by Gasteiger charge is -2.22. The molecule has 3 rings (SSSR count). The normalized spacial score (nSPS) is 15.2. The number of hydrazine groups is 1. The van der Waals surface area contributed by atoms with E-state index in [0.29, 0.717) is 24.0 Å². The van der Waals surface area contributed by atoms with Gasteiger partial charge in [-0.05, 0) is 17.7 Å². The van der Waals surface area contributed by atoms with Crippen LogP contribution in [0.1, 0.15) is 17.3 Å². The zero-order chi connectivity index (χ0) is 14.1. The monoisotopic (exact) mass is 294 g/mol. The van der Waals surface area contributed by atoms with Crippen molar-refractivity contribution < 1.29 is 9.47 Å². The molecule has 1 aliphatic rings. The van der Waals surface area contributed by atoms with Crippen LogP contribution in [0.5, 0.6) is 11.5 Å². The third kappa shape index (κ3) is 2.22. The summed E-state index contributed by atoms with van der Waals surface area (Å²) >= 11 is 6.18. The molecule has 0 aliphatic carbocycles. The van der Waals surface area contributed by atoms with E-state index in [1.54, 1.807) is 10.9 Å². The fraction of sp³-hybridized carbons (Fsp3) is 0.308. The molecule has 3 N–H and O–H groups in total. The molecule has 106 valence electrons. The quantitative estimate of drug-likeness (QED) is 0.661. The van der Waals surface area contributed by atoms with Crippen LogP contribution < -0.4 is 20.7 Å². The predicted octanol–water partition coefficient (Wildman–Crippen LogP) is 1.40. The lowest BCUT2D eigenvalue weighted by molar-refractivity contribution is 0.171. The molecule has 0 radical (unpaired) electrons. The first kappa shape index (κ1) is 13.2. The van der Waals surface area contributed by atoms with E-state index in [1.165, 1.54) is 0 Å². The van der Waals surface area contributed by atoms with Crippen LogP contribution in [-0.4, -0.2) is 23.0 Å². The van der Waals surface area contributed by atoms with Crippen LogP contribution in [0.3, 0.4) is 0 Å². The molecule has 0 spiro atoms. The first-order valence-corrected chi connectivity index (χ1v) is 6.61. The van der Waals surface area contributed by atoms with Crippen molar-refractivity contribution in [2.45, 2.75) is 6.04 Å². The van der Waals surface area contributed by atoms with E-state index in [0.717, 1.165) is 17.0 Å². The number of ether oxygens (including phenoxy) is 2. The molecule has 0 amide bonds. The van der Waals surface area contributed by atoms with Crippen LogP contribution in [0, 0.1) is 0 Å². The van der Waals surface area contributed by atoms with E-state index >= 15 is 0 Å². The van der Waals surface area contributed by atoms with Crippen molar-refractivity contribution in [2.24, 2.45) is 12.9 Å². The Labute approximate surface area is 121 Å². The van der Waals surface area contributed by atoms with E-state index in [1.807, 2.05) is 25.2 Å². The predicted molar refractivity (Wildman–Crippen MR) is 74.8 cm³/mol. The first-order valence-electron chi connectivity index (χ1n) is 6.24. The third-order valence-electron chi connectivity index (χ3n) is 3.28. The molecular formula is C13H15ClN4O2. The molecule has 1 atom stereocenters. The molecular weight excluding hydrogens is 280 g/mol. The summed E-state index contributed by atoms with van der Waals surface area (Å²) in [5.41, 5.74) is 4.50. The van der Waals surface area contributed by atoms with Gasteiger partial charge in [-0.1, -0.05) is 17.7 Å². The topological polar surface area (TPSA) is 74.3 Å². The van der Waals surface area contributed by atoms with Crippen molar-refractivity contribution in [3.8, 4) is 11.5 Å². The van der Waals surface area contributed by atoms with Gasteiger partial charge < -0.3 is 9.47 Å². The van der Waals surface area contributed by atoms with Crippen molar-refractivity contribution in [3.05, 3.63) is 40.7 Å². The van der Waals surface area contributed by atoms with Gasteiger partial charge in [0, 0.05) is 7.05 Å². The second-order valence-corrected chi connectivity index (χ2v) is 4.91. The smallest absolute Gasteiger partial charge is 0.161 e. The molecule has 1 aromatic carbocycles. The van der Waals surface area contributed by atoms with Gasteiger partial charge in [0.1, 0.15) is 13.2 Å². The lowest BCUT2D eigenvalue weighted by Crippen LogP contribution is -2.30. The average molecular weight is 295 g/mol. The highest BCUT2D eigenvalue weighted by Crippen LogP contribution is 2.35. The number of aromatic nitrogens is 2. The van der Waals surface area contributed by atoms with Gasteiger partial charge in [-0.15, -0.1) is 0 Å². The summed E-state index contributed by atoms with van der Waals surface area (Å²) in [6.45, 7) is 1.11. The molecule has 0 saturated carbocycles. The SMILES string of the molecule is Cn1ncc(Cl)c1C(NN)c1ccc2c(c1)OCCO2. The Hall–Kier alpha value is -1.76. The van der Waals surface area contributed by atoms with Crippen LogP contribution in [0.2, 0.25) is 5.02 Å². The summed E-state index contributed by atoms with van der Waals surface area (Å²) < 4.78 is 12.8. The van der Waals surface area contributed by atoms with Gasteiger partial charge in [0.25, 0.3) is 0 Å². The average Bonchev–Trinajstić information content (AvgIpc) is 2.80. The standard InChI is InChI=1S/C13H15ClN4O2/c1-18-13(9(14)7-16-18)12(17-15)8-2-3-10-11(6-8)20-5-4-19-10/h2-3,6-7,12,17H,4-5,15H2,1H3. The Morgan fingerprint density at radius 1 is 1.35 bits per heavy atom. The Morgan fingerprint density at radius 3 is 2.75 bits per heavy atom. The number of nitrogens with zero attached hydrogens (tertiary/aromatic N) is 2. The van der Waals surface area contributed by atoms with Crippen molar-refractivity contribution in [3.63, 3.8) is 0 Å². The molecule has 0 fully saturated rings. The summed E-state index contributed by atoms with van der Waals surface area (Å²) in [6.07, 6.45) is 1.60. The minimum Gasteiger partial charge on any atom is -0.486 e. The fourth-order valence-corrected chi connectivity index (χ4v) is 2.59. The maximum absolute atomic E-state index is 6.18. The van der Waals surface area contributed by atoms with Crippen molar-refractivity contribution >= 4 is 11.6 Å². The molecule has 0 bridgehead atoms. The number of benzene rings is 1. The van der Waals surface area contributed by atoms with Gasteiger partial charge in [-0.2, -0.15) is 5.10 Å². The van der Waals surface area contributed by atoms with Crippen molar-refractivity contribution in [1.29, 1.82) is 0 Å². The van der Waals surface area contributed by atoms with Crippen LogP contribution in [0.15, 0.2) is 24.4 Å². The maximum Gasteiger partial charge on any atom is 0.161 e. The van der Waals surface area contributed by atoms with E-state index < -0.39 is 0 Å². The zero-order valence-electron chi connectivity index (χ0n) is 11.0. The number of hydrogen-bond acceptors (Lipinski definition) is 5. The van der Waals surface area contributed by atoms with Crippen LogP contribution in [0.25, 0.3) is 0 Å². The fourth-order valence-electron chi connectivity index (χ4n) is 2.32.